The molecule has 3 aromatic rings. The Bertz CT molecular complexity index is 1180. The van der Waals surface area contributed by atoms with E-state index in [2.05, 4.69) is 10.0 Å². The lowest BCUT2D eigenvalue weighted by Crippen LogP contribution is -2.15. The summed E-state index contributed by atoms with van der Waals surface area (Å²) in [5.74, 6) is -0.561. The minimum atomic E-state index is -3.93. The van der Waals surface area contributed by atoms with Crippen molar-refractivity contribution >= 4 is 73.7 Å². The molecular formula is C19H12Cl4N2O3S. The molecule has 0 aliphatic carbocycles. The van der Waals surface area contributed by atoms with Crippen LogP contribution in [0.5, 0.6) is 0 Å². The summed E-state index contributed by atoms with van der Waals surface area (Å²) in [5.41, 5.74) is 0.615. The summed E-state index contributed by atoms with van der Waals surface area (Å²) in [5, 5.41) is 3.73. The number of halogens is 4. The molecule has 0 aromatic heterocycles. The fourth-order valence-electron chi connectivity index (χ4n) is 2.36. The molecule has 0 saturated carbocycles. The van der Waals surface area contributed by atoms with Gasteiger partial charge in [-0.2, -0.15) is 0 Å². The van der Waals surface area contributed by atoms with Gasteiger partial charge in [-0.25, -0.2) is 8.42 Å². The Morgan fingerprint density at radius 1 is 0.759 bits per heavy atom. The largest absolute Gasteiger partial charge is 0.321 e. The van der Waals surface area contributed by atoms with Gasteiger partial charge in [-0.15, -0.1) is 0 Å². The number of amides is 1. The maximum absolute atomic E-state index is 12.7. The smallest absolute Gasteiger partial charge is 0.261 e. The van der Waals surface area contributed by atoms with E-state index < -0.39 is 15.9 Å². The summed E-state index contributed by atoms with van der Waals surface area (Å²) in [7, 11) is -3.93. The van der Waals surface area contributed by atoms with Gasteiger partial charge in [-0.1, -0.05) is 46.4 Å². The average molecular weight is 490 g/mol. The Kier molecular flexibility index (Phi) is 6.61. The molecule has 0 heterocycles. The lowest BCUT2D eigenvalue weighted by molar-refractivity contribution is 0.102. The Hall–Kier alpha value is -1.96. The fraction of sp³-hybridized carbons (Fsp3) is 0. The van der Waals surface area contributed by atoms with Crippen molar-refractivity contribution in [1.29, 1.82) is 0 Å². The molecule has 0 bridgehead atoms. The van der Waals surface area contributed by atoms with Gasteiger partial charge in [0.25, 0.3) is 15.9 Å². The number of hydrogen-bond donors (Lipinski definition) is 2. The predicted molar refractivity (Wildman–Crippen MR) is 118 cm³/mol. The Labute approximate surface area is 187 Å². The van der Waals surface area contributed by atoms with Gasteiger partial charge >= 0.3 is 0 Å². The summed E-state index contributed by atoms with van der Waals surface area (Å²) in [4.78, 5) is 12.4. The van der Waals surface area contributed by atoms with Crippen molar-refractivity contribution in [2.45, 2.75) is 4.90 Å². The lowest BCUT2D eigenvalue weighted by atomic mass is 10.2. The number of hydrogen-bond acceptors (Lipinski definition) is 3. The van der Waals surface area contributed by atoms with E-state index in [1.54, 1.807) is 12.1 Å². The molecule has 0 fully saturated rings. The van der Waals surface area contributed by atoms with Crippen LogP contribution in [0.2, 0.25) is 20.1 Å². The van der Waals surface area contributed by atoms with Crippen LogP contribution in [0, 0.1) is 0 Å². The van der Waals surface area contributed by atoms with Gasteiger partial charge in [0, 0.05) is 15.7 Å². The second-order valence-electron chi connectivity index (χ2n) is 5.83. The molecule has 2 N–H and O–H groups in total. The maximum atomic E-state index is 12.7. The first kappa shape index (κ1) is 21.7. The number of sulfonamides is 1. The summed E-state index contributed by atoms with van der Waals surface area (Å²) in [6.45, 7) is 0. The molecular weight excluding hydrogens is 478 g/mol. The van der Waals surface area contributed by atoms with Crippen molar-refractivity contribution in [2.75, 3.05) is 10.0 Å². The highest BCUT2D eigenvalue weighted by molar-refractivity contribution is 7.92. The van der Waals surface area contributed by atoms with Crippen LogP contribution in [0.1, 0.15) is 10.4 Å². The zero-order valence-corrected chi connectivity index (χ0v) is 18.3. The third kappa shape index (κ3) is 5.35. The second kappa shape index (κ2) is 8.81. The number of nitrogens with one attached hydrogen (secondary N) is 2. The Morgan fingerprint density at radius 3 is 2.07 bits per heavy atom. The highest BCUT2D eigenvalue weighted by Crippen LogP contribution is 2.28. The van der Waals surface area contributed by atoms with E-state index in [1.807, 2.05) is 0 Å². The molecule has 0 aliphatic rings. The van der Waals surface area contributed by atoms with E-state index >= 15 is 0 Å². The number of anilines is 2. The second-order valence-corrected chi connectivity index (χ2v) is 9.20. The summed E-state index contributed by atoms with van der Waals surface area (Å²) in [6, 6.07) is 14.5. The van der Waals surface area contributed by atoms with Crippen LogP contribution >= 0.6 is 46.4 Å². The van der Waals surface area contributed by atoms with Crippen LogP contribution in [0.4, 0.5) is 11.4 Å². The van der Waals surface area contributed by atoms with Gasteiger partial charge in [0.2, 0.25) is 0 Å². The predicted octanol–water partition coefficient (Wildman–Crippen LogP) is 6.35. The SMILES string of the molecule is O=C(Nc1cc(S(=O)(=O)Nc2ccc(Cl)cc2)ccc1Cl)c1ccc(Cl)cc1Cl. The van der Waals surface area contributed by atoms with Crippen molar-refractivity contribution in [1.82, 2.24) is 0 Å². The van der Waals surface area contributed by atoms with Crippen molar-refractivity contribution < 1.29 is 13.2 Å². The quantitative estimate of drug-likeness (QED) is 0.438. The van der Waals surface area contributed by atoms with Crippen LogP contribution < -0.4 is 10.0 Å². The molecule has 1 amide bonds. The molecule has 3 rings (SSSR count). The zero-order chi connectivity index (χ0) is 21.2. The minimum absolute atomic E-state index is 0.0886. The van der Waals surface area contributed by atoms with Crippen LogP contribution in [0.15, 0.2) is 65.6 Å². The molecule has 3 aromatic carbocycles. The highest BCUT2D eigenvalue weighted by Gasteiger charge is 2.18. The van der Waals surface area contributed by atoms with Crippen molar-refractivity contribution in [2.24, 2.45) is 0 Å². The normalized spacial score (nSPS) is 11.2. The number of benzene rings is 3. The first-order valence-electron chi connectivity index (χ1n) is 8.00. The number of rotatable bonds is 5. The first-order valence-corrected chi connectivity index (χ1v) is 11.0. The molecule has 10 heteroatoms. The molecule has 5 nitrogen and oxygen atoms in total. The lowest BCUT2D eigenvalue weighted by Gasteiger charge is -2.12. The van der Waals surface area contributed by atoms with E-state index in [0.717, 1.165) is 0 Å². The topological polar surface area (TPSA) is 75.3 Å². The number of carbonyl (C=O) groups is 1. The zero-order valence-electron chi connectivity index (χ0n) is 14.4. The summed E-state index contributed by atoms with van der Waals surface area (Å²) >= 11 is 23.8. The number of carbonyl (C=O) groups excluding carboxylic acids is 1. The van der Waals surface area contributed by atoms with E-state index in [4.69, 9.17) is 46.4 Å². The van der Waals surface area contributed by atoms with Crippen LogP contribution in [0.3, 0.4) is 0 Å². The monoisotopic (exact) mass is 488 g/mol. The van der Waals surface area contributed by atoms with Crippen molar-refractivity contribution in [3.8, 4) is 0 Å². The summed E-state index contributed by atoms with van der Waals surface area (Å²) < 4.78 is 27.8. The molecule has 0 radical (unpaired) electrons. The van der Waals surface area contributed by atoms with Crippen LogP contribution in [-0.4, -0.2) is 14.3 Å². The van der Waals surface area contributed by atoms with Gasteiger partial charge in [-0.05, 0) is 60.7 Å². The Morgan fingerprint density at radius 2 is 1.41 bits per heavy atom. The van der Waals surface area contributed by atoms with E-state index in [0.29, 0.717) is 15.7 Å². The molecule has 0 saturated heterocycles. The van der Waals surface area contributed by atoms with E-state index in [9.17, 15) is 13.2 Å². The van der Waals surface area contributed by atoms with Gasteiger partial charge < -0.3 is 5.32 Å². The van der Waals surface area contributed by atoms with Gasteiger partial charge in [0.05, 0.1) is 26.2 Å². The average Bonchev–Trinajstić information content (AvgIpc) is 2.65. The molecule has 0 atom stereocenters. The third-order valence-electron chi connectivity index (χ3n) is 3.77. The molecule has 0 spiro atoms. The standard InChI is InChI=1S/C19H12Cl4N2O3S/c20-11-1-4-13(5-2-11)25-29(27,28)14-6-8-16(22)18(10-14)24-19(26)15-7-3-12(21)9-17(15)23/h1-10,25H,(H,24,26). The minimum Gasteiger partial charge on any atom is -0.321 e. The molecule has 0 unspecified atom stereocenters. The van der Waals surface area contributed by atoms with Gasteiger partial charge in [-0.3, -0.25) is 9.52 Å². The fourth-order valence-corrected chi connectivity index (χ4v) is 4.23. The van der Waals surface area contributed by atoms with Crippen LogP contribution in [0.25, 0.3) is 0 Å². The third-order valence-corrected chi connectivity index (χ3v) is 6.28. The van der Waals surface area contributed by atoms with Crippen LogP contribution in [-0.2, 0) is 10.0 Å². The maximum Gasteiger partial charge on any atom is 0.261 e. The summed E-state index contributed by atoms with van der Waals surface area (Å²) in [6.07, 6.45) is 0. The van der Waals surface area contributed by atoms with Crippen molar-refractivity contribution in [3.63, 3.8) is 0 Å². The first-order chi connectivity index (χ1) is 13.7. The molecule has 150 valence electrons. The van der Waals surface area contributed by atoms with E-state index in [-0.39, 0.29) is 26.2 Å². The highest BCUT2D eigenvalue weighted by atomic mass is 35.5. The van der Waals surface area contributed by atoms with E-state index in [1.165, 1.54) is 48.5 Å². The van der Waals surface area contributed by atoms with Gasteiger partial charge in [0.15, 0.2) is 0 Å². The molecule has 0 aliphatic heterocycles. The van der Waals surface area contributed by atoms with Crippen molar-refractivity contribution in [3.05, 3.63) is 86.3 Å². The molecule has 29 heavy (non-hydrogen) atoms. The van der Waals surface area contributed by atoms with Gasteiger partial charge in [0.1, 0.15) is 0 Å². The Balaban J connectivity index is 1.87.